The number of sulfonamides is 1. The van der Waals surface area contributed by atoms with Crippen molar-refractivity contribution in [3.8, 4) is 0 Å². The first kappa shape index (κ1) is 13.2. The average molecular weight is 245 g/mol. The van der Waals surface area contributed by atoms with Gasteiger partial charge in [-0.15, -0.1) is 0 Å². The van der Waals surface area contributed by atoms with Crippen molar-refractivity contribution in [2.45, 2.75) is 25.3 Å². The minimum Gasteiger partial charge on any atom is -0.363 e. The fourth-order valence-electron chi connectivity index (χ4n) is 1.48. The summed E-state index contributed by atoms with van der Waals surface area (Å²) in [5.41, 5.74) is 6.14. The third-order valence-electron chi connectivity index (χ3n) is 2.27. The number of nitrogens with zero attached hydrogens (tertiary/aromatic N) is 1. The molecular formula is C10H19N3O2S. The van der Waals surface area contributed by atoms with E-state index < -0.39 is 10.0 Å². The molecule has 6 heteroatoms. The highest BCUT2D eigenvalue weighted by Gasteiger charge is 2.22. The molecule has 0 aliphatic heterocycles. The molecule has 0 spiro atoms. The van der Waals surface area contributed by atoms with Crippen LogP contribution < -0.4 is 5.73 Å². The SMILES string of the molecule is CC(C)CN(C)S(=O)(=O)c1c[nH]c(CN)c1. The molecule has 0 saturated heterocycles. The summed E-state index contributed by atoms with van der Waals surface area (Å²) in [7, 11) is -1.79. The number of hydrogen-bond donors (Lipinski definition) is 2. The first-order valence-corrected chi connectivity index (χ1v) is 6.65. The Kier molecular flexibility index (Phi) is 4.12. The largest absolute Gasteiger partial charge is 0.363 e. The van der Waals surface area contributed by atoms with Crippen LogP contribution in [0.3, 0.4) is 0 Å². The highest BCUT2D eigenvalue weighted by Crippen LogP contribution is 2.16. The summed E-state index contributed by atoms with van der Waals surface area (Å²) < 4.78 is 25.5. The lowest BCUT2D eigenvalue weighted by Crippen LogP contribution is -2.30. The Morgan fingerprint density at radius 3 is 2.56 bits per heavy atom. The van der Waals surface area contributed by atoms with Crippen LogP contribution in [0.4, 0.5) is 0 Å². The van der Waals surface area contributed by atoms with Crippen LogP contribution >= 0.6 is 0 Å². The Labute approximate surface area is 96.7 Å². The maximum Gasteiger partial charge on any atom is 0.244 e. The van der Waals surface area contributed by atoms with Crippen molar-refractivity contribution in [2.75, 3.05) is 13.6 Å². The zero-order valence-electron chi connectivity index (χ0n) is 9.90. The molecular weight excluding hydrogens is 226 g/mol. The van der Waals surface area contributed by atoms with Crippen LogP contribution in [0.2, 0.25) is 0 Å². The second-order valence-electron chi connectivity index (χ2n) is 4.24. The highest BCUT2D eigenvalue weighted by molar-refractivity contribution is 7.89. The number of aromatic nitrogens is 1. The van der Waals surface area contributed by atoms with Gasteiger partial charge in [0.2, 0.25) is 10.0 Å². The van der Waals surface area contributed by atoms with Crippen molar-refractivity contribution < 1.29 is 8.42 Å². The minimum atomic E-state index is -3.38. The van der Waals surface area contributed by atoms with E-state index in [-0.39, 0.29) is 4.90 Å². The summed E-state index contributed by atoms with van der Waals surface area (Å²) in [6.45, 7) is 4.78. The van der Waals surface area contributed by atoms with Crippen LogP contribution in [0.25, 0.3) is 0 Å². The summed E-state index contributed by atoms with van der Waals surface area (Å²) in [5.74, 6) is 0.299. The highest BCUT2D eigenvalue weighted by atomic mass is 32.2. The van der Waals surface area contributed by atoms with Crippen molar-refractivity contribution in [1.29, 1.82) is 0 Å². The van der Waals surface area contributed by atoms with Crippen LogP contribution in [0.1, 0.15) is 19.5 Å². The molecule has 0 saturated carbocycles. The van der Waals surface area contributed by atoms with Gasteiger partial charge in [-0.2, -0.15) is 0 Å². The number of hydrogen-bond acceptors (Lipinski definition) is 3. The number of nitrogens with one attached hydrogen (secondary N) is 1. The second-order valence-corrected chi connectivity index (χ2v) is 6.29. The van der Waals surface area contributed by atoms with Crippen molar-refractivity contribution in [3.63, 3.8) is 0 Å². The molecule has 0 atom stereocenters. The van der Waals surface area contributed by atoms with E-state index in [2.05, 4.69) is 4.98 Å². The Bertz CT molecular complexity index is 437. The van der Waals surface area contributed by atoms with Gasteiger partial charge in [-0.1, -0.05) is 13.8 Å². The predicted molar refractivity (Wildman–Crippen MR) is 63.3 cm³/mol. The smallest absolute Gasteiger partial charge is 0.244 e. The maximum absolute atomic E-state index is 12.1. The molecule has 0 unspecified atom stereocenters. The zero-order valence-corrected chi connectivity index (χ0v) is 10.7. The molecule has 16 heavy (non-hydrogen) atoms. The Morgan fingerprint density at radius 1 is 1.50 bits per heavy atom. The van der Waals surface area contributed by atoms with Gasteiger partial charge in [-0.05, 0) is 12.0 Å². The Hall–Kier alpha value is -0.850. The van der Waals surface area contributed by atoms with Crippen LogP contribution in [0.5, 0.6) is 0 Å². The number of H-pyrrole nitrogens is 1. The molecule has 1 aromatic heterocycles. The van der Waals surface area contributed by atoms with E-state index in [9.17, 15) is 8.42 Å². The average Bonchev–Trinajstić information content (AvgIpc) is 2.65. The van der Waals surface area contributed by atoms with Gasteiger partial charge < -0.3 is 10.7 Å². The van der Waals surface area contributed by atoms with E-state index in [1.54, 1.807) is 13.1 Å². The van der Waals surface area contributed by atoms with Crippen molar-refractivity contribution >= 4 is 10.0 Å². The molecule has 1 rings (SSSR count). The third kappa shape index (κ3) is 2.84. The summed E-state index contributed by atoms with van der Waals surface area (Å²) >= 11 is 0. The van der Waals surface area contributed by atoms with Gasteiger partial charge in [0, 0.05) is 32.0 Å². The van der Waals surface area contributed by atoms with E-state index in [0.29, 0.717) is 19.0 Å². The van der Waals surface area contributed by atoms with Crippen LogP contribution in [-0.4, -0.2) is 31.3 Å². The van der Waals surface area contributed by atoms with Gasteiger partial charge in [0.05, 0.1) is 4.90 Å². The fraction of sp³-hybridized carbons (Fsp3) is 0.600. The number of nitrogens with two attached hydrogens (primary N) is 1. The first-order chi connectivity index (χ1) is 7.37. The van der Waals surface area contributed by atoms with Crippen molar-refractivity contribution in [3.05, 3.63) is 18.0 Å². The topological polar surface area (TPSA) is 79.2 Å². The summed E-state index contributed by atoms with van der Waals surface area (Å²) in [4.78, 5) is 3.11. The molecule has 1 heterocycles. The lowest BCUT2D eigenvalue weighted by Gasteiger charge is -2.18. The molecule has 0 radical (unpaired) electrons. The van der Waals surface area contributed by atoms with Crippen molar-refractivity contribution in [2.24, 2.45) is 11.7 Å². The first-order valence-electron chi connectivity index (χ1n) is 5.21. The monoisotopic (exact) mass is 245 g/mol. The standard InChI is InChI=1S/C10H19N3O2S/c1-8(2)7-13(3)16(14,15)10-4-9(5-11)12-6-10/h4,6,8,12H,5,7,11H2,1-3H3. The lowest BCUT2D eigenvalue weighted by molar-refractivity contribution is 0.417. The lowest BCUT2D eigenvalue weighted by atomic mass is 10.2. The fourth-order valence-corrected chi connectivity index (χ4v) is 2.83. The maximum atomic E-state index is 12.1. The molecule has 0 bridgehead atoms. The van der Waals surface area contributed by atoms with Gasteiger partial charge in [0.25, 0.3) is 0 Å². The number of aromatic amines is 1. The summed E-state index contributed by atoms with van der Waals surface area (Å²) in [6.07, 6.45) is 1.48. The van der Waals surface area contributed by atoms with Gasteiger partial charge in [0.15, 0.2) is 0 Å². The van der Waals surface area contributed by atoms with Crippen molar-refractivity contribution in [1.82, 2.24) is 9.29 Å². The summed E-state index contributed by atoms with van der Waals surface area (Å²) in [5, 5.41) is 0. The second kappa shape index (κ2) is 4.99. The van der Waals surface area contributed by atoms with E-state index in [1.165, 1.54) is 10.5 Å². The minimum absolute atomic E-state index is 0.274. The molecule has 0 aliphatic rings. The Morgan fingerprint density at radius 2 is 2.12 bits per heavy atom. The number of rotatable bonds is 5. The van der Waals surface area contributed by atoms with E-state index in [0.717, 1.165) is 5.69 Å². The molecule has 92 valence electrons. The molecule has 0 fully saturated rings. The van der Waals surface area contributed by atoms with Crippen LogP contribution in [-0.2, 0) is 16.6 Å². The molecule has 1 aromatic rings. The van der Waals surface area contributed by atoms with Gasteiger partial charge in [0.1, 0.15) is 0 Å². The molecule has 0 amide bonds. The van der Waals surface area contributed by atoms with Gasteiger partial charge >= 0.3 is 0 Å². The van der Waals surface area contributed by atoms with E-state index in [1.807, 2.05) is 13.8 Å². The summed E-state index contributed by atoms with van der Waals surface area (Å²) in [6, 6.07) is 1.58. The molecule has 5 nitrogen and oxygen atoms in total. The van der Waals surface area contributed by atoms with Crippen LogP contribution in [0.15, 0.2) is 17.2 Å². The van der Waals surface area contributed by atoms with E-state index >= 15 is 0 Å². The molecule has 3 N–H and O–H groups in total. The van der Waals surface area contributed by atoms with E-state index in [4.69, 9.17) is 5.73 Å². The molecule has 0 aromatic carbocycles. The predicted octanol–water partition coefficient (Wildman–Crippen LogP) is 0.750. The van der Waals surface area contributed by atoms with Gasteiger partial charge in [-0.3, -0.25) is 0 Å². The normalized spacial score (nSPS) is 12.6. The Balaban J connectivity index is 2.92. The third-order valence-corrected chi connectivity index (χ3v) is 4.07. The zero-order chi connectivity index (χ0) is 12.3. The quantitative estimate of drug-likeness (QED) is 0.803. The molecule has 0 aliphatic carbocycles. The van der Waals surface area contributed by atoms with Crippen LogP contribution in [0, 0.1) is 5.92 Å². The van der Waals surface area contributed by atoms with Gasteiger partial charge in [-0.25, -0.2) is 12.7 Å².